The third-order valence-corrected chi connectivity index (χ3v) is 3.83. The number of hydrogen-bond donors (Lipinski definition) is 1. The molecule has 1 aliphatic rings. The highest BCUT2D eigenvalue weighted by Gasteiger charge is 2.33. The van der Waals surface area contributed by atoms with Crippen LogP contribution in [0.3, 0.4) is 0 Å². The molecule has 1 N–H and O–H groups in total. The lowest BCUT2D eigenvalue weighted by Gasteiger charge is -2.21. The Morgan fingerprint density at radius 3 is 2.90 bits per heavy atom. The zero-order chi connectivity index (χ0) is 14.8. The van der Waals surface area contributed by atoms with Gasteiger partial charge in [-0.3, -0.25) is 4.79 Å². The standard InChI is InChI=1S/C15H13ClN2O3/c16-10-5-3-4-9(8-10)13-17-14(21-18-13)11-6-1-2-7-12(11)15(19)20/h1-5,8,11-12H,6-7H2,(H,19,20)/t11-,12+/m1/s1. The Bertz CT molecular complexity index is 696. The molecule has 21 heavy (non-hydrogen) atoms. The van der Waals surface area contributed by atoms with Crippen LogP contribution in [0.2, 0.25) is 5.02 Å². The van der Waals surface area contributed by atoms with E-state index in [0.29, 0.717) is 29.6 Å². The van der Waals surface area contributed by atoms with Gasteiger partial charge in [0.25, 0.3) is 0 Å². The van der Waals surface area contributed by atoms with Crippen LogP contribution in [0.15, 0.2) is 40.9 Å². The highest BCUT2D eigenvalue weighted by molar-refractivity contribution is 6.30. The minimum absolute atomic E-state index is 0.284. The van der Waals surface area contributed by atoms with Gasteiger partial charge in [-0.2, -0.15) is 4.98 Å². The normalized spacial score (nSPS) is 21.4. The average molecular weight is 305 g/mol. The smallest absolute Gasteiger partial charge is 0.307 e. The summed E-state index contributed by atoms with van der Waals surface area (Å²) in [6.45, 7) is 0. The molecule has 0 bridgehead atoms. The van der Waals surface area contributed by atoms with Crippen LogP contribution in [0.1, 0.15) is 24.7 Å². The number of carboxylic acids is 1. The fourth-order valence-electron chi connectivity index (χ4n) is 2.49. The van der Waals surface area contributed by atoms with E-state index < -0.39 is 11.9 Å². The molecule has 2 aromatic rings. The summed E-state index contributed by atoms with van der Waals surface area (Å²) >= 11 is 5.94. The summed E-state index contributed by atoms with van der Waals surface area (Å²) < 4.78 is 5.28. The van der Waals surface area contributed by atoms with Crippen LogP contribution in [-0.2, 0) is 4.79 Å². The third kappa shape index (κ3) is 2.83. The number of aromatic nitrogens is 2. The molecule has 0 fully saturated rings. The van der Waals surface area contributed by atoms with Gasteiger partial charge in [0.05, 0.1) is 11.8 Å². The third-order valence-electron chi connectivity index (χ3n) is 3.59. The first-order valence-corrected chi connectivity index (χ1v) is 7.00. The van der Waals surface area contributed by atoms with Crippen molar-refractivity contribution >= 4 is 17.6 Å². The molecule has 0 saturated heterocycles. The van der Waals surface area contributed by atoms with Gasteiger partial charge in [-0.1, -0.05) is 41.0 Å². The summed E-state index contributed by atoms with van der Waals surface area (Å²) in [4.78, 5) is 15.7. The van der Waals surface area contributed by atoms with Crippen LogP contribution in [0, 0.1) is 5.92 Å². The number of allylic oxidation sites excluding steroid dienone is 2. The fraction of sp³-hybridized carbons (Fsp3) is 0.267. The van der Waals surface area contributed by atoms with E-state index in [-0.39, 0.29) is 5.92 Å². The van der Waals surface area contributed by atoms with Crippen molar-refractivity contribution in [3.63, 3.8) is 0 Å². The second-order valence-electron chi connectivity index (χ2n) is 4.96. The summed E-state index contributed by atoms with van der Waals surface area (Å²) in [6.07, 6.45) is 4.90. The summed E-state index contributed by atoms with van der Waals surface area (Å²) in [5.74, 6) is -0.865. The number of carbonyl (C=O) groups is 1. The summed E-state index contributed by atoms with van der Waals surface area (Å²) in [5, 5.41) is 13.8. The van der Waals surface area contributed by atoms with Crippen molar-refractivity contribution in [2.75, 3.05) is 0 Å². The molecule has 5 nitrogen and oxygen atoms in total. The maximum Gasteiger partial charge on any atom is 0.307 e. The molecule has 1 heterocycles. The number of carboxylic acid groups (broad SMARTS) is 1. The molecule has 1 aromatic carbocycles. The highest BCUT2D eigenvalue weighted by atomic mass is 35.5. The summed E-state index contributed by atoms with van der Waals surface area (Å²) in [7, 11) is 0. The Hall–Kier alpha value is -2.14. The molecular weight excluding hydrogens is 292 g/mol. The largest absolute Gasteiger partial charge is 0.481 e. The molecule has 0 amide bonds. The van der Waals surface area contributed by atoms with Crippen LogP contribution in [0.4, 0.5) is 0 Å². The summed E-state index contributed by atoms with van der Waals surface area (Å²) in [5.41, 5.74) is 0.746. The molecule has 0 aliphatic heterocycles. The molecule has 0 spiro atoms. The molecule has 0 saturated carbocycles. The van der Waals surface area contributed by atoms with Crippen LogP contribution in [-0.4, -0.2) is 21.2 Å². The topological polar surface area (TPSA) is 76.2 Å². The first-order valence-electron chi connectivity index (χ1n) is 6.62. The quantitative estimate of drug-likeness (QED) is 0.878. The predicted molar refractivity (Wildman–Crippen MR) is 77.0 cm³/mol. The van der Waals surface area contributed by atoms with Crippen LogP contribution < -0.4 is 0 Å². The lowest BCUT2D eigenvalue weighted by Crippen LogP contribution is -2.23. The van der Waals surface area contributed by atoms with Crippen molar-refractivity contribution in [2.45, 2.75) is 18.8 Å². The van der Waals surface area contributed by atoms with E-state index in [0.717, 1.165) is 5.56 Å². The Labute approximate surface area is 126 Å². The van der Waals surface area contributed by atoms with Crippen LogP contribution in [0.25, 0.3) is 11.4 Å². The molecule has 3 rings (SSSR count). The second-order valence-corrected chi connectivity index (χ2v) is 5.40. The van der Waals surface area contributed by atoms with Gasteiger partial charge in [0, 0.05) is 10.6 Å². The number of halogens is 1. The molecule has 6 heteroatoms. The lowest BCUT2D eigenvalue weighted by molar-refractivity contribution is -0.142. The van der Waals surface area contributed by atoms with Crippen molar-refractivity contribution in [2.24, 2.45) is 5.92 Å². The van der Waals surface area contributed by atoms with E-state index in [2.05, 4.69) is 10.1 Å². The summed E-state index contributed by atoms with van der Waals surface area (Å²) in [6, 6.07) is 7.14. The van der Waals surface area contributed by atoms with Gasteiger partial charge in [-0.05, 0) is 25.0 Å². The average Bonchev–Trinajstić information content (AvgIpc) is 2.97. The SMILES string of the molecule is O=C(O)[C@H]1CC=CC[C@H]1c1nc(-c2cccc(Cl)c2)no1. The number of rotatable bonds is 3. The first-order chi connectivity index (χ1) is 10.1. The van der Waals surface area contributed by atoms with Crippen molar-refractivity contribution < 1.29 is 14.4 Å². The molecule has 0 unspecified atom stereocenters. The van der Waals surface area contributed by atoms with E-state index in [1.165, 1.54) is 0 Å². The van der Waals surface area contributed by atoms with E-state index in [1.807, 2.05) is 18.2 Å². The van der Waals surface area contributed by atoms with Crippen molar-refractivity contribution in [3.8, 4) is 11.4 Å². The Morgan fingerprint density at radius 2 is 2.14 bits per heavy atom. The molecule has 0 radical (unpaired) electrons. The Balaban J connectivity index is 1.91. The zero-order valence-corrected chi connectivity index (χ0v) is 11.8. The molecule has 1 aliphatic carbocycles. The van der Waals surface area contributed by atoms with Gasteiger partial charge in [0.2, 0.25) is 11.7 Å². The Kier molecular flexibility index (Phi) is 3.75. The predicted octanol–water partition coefficient (Wildman–Crippen LogP) is 3.52. The number of benzene rings is 1. The van der Waals surface area contributed by atoms with E-state index in [1.54, 1.807) is 18.2 Å². The van der Waals surface area contributed by atoms with E-state index in [4.69, 9.17) is 16.1 Å². The molecule has 108 valence electrons. The van der Waals surface area contributed by atoms with E-state index >= 15 is 0 Å². The Morgan fingerprint density at radius 1 is 1.33 bits per heavy atom. The van der Waals surface area contributed by atoms with Gasteiger partial charge in [-0.25, -0.2) is 0 Å². The van der Waals surface area contributed by atoms with Crippen molar-refractivity contribution in [1.29, 1.82) is 0 Å². The number of nitrogens with zero attached hydrogens (tertiary/aromatic N) is 2. The molecule has 1 aromatic heterocycles. The van der Waals surface area contributed by atoms with Gasteiger partial charge < -0.3 is 9.63 Å². The van der Waals surface area contributed by atoms with Crippen molar-refractivity contribution in [3.05, 3.63) is 47.3 Å². The van der Waals surface area contributed by atoms with Crippen molar-refractivity contribution in [1.82, 2.24) is 10.1 Å². The van der Waals surface area contributed by atoms with Gasteiger partial charge in [0.1, 0.15) is 0 Å². The van der Waals surface area contributed by atoms with Gasteiger partial charge >= 0.3 is 5.97 Å². The zero-order valence-electron chi connectivity index (χ0n) is 11.1. The minimum Gasteiger partial charge on any atom is -0.481 e. The fourth-order valence-corrected chi connectivity index (χ4v) is 2.68. The molecular formula is C15H13ClN2O3. The van der Waals surface area contributed by atoms with Crippen LogP contribution >= 0.6 is 11.6 Å². The minimum atomic E-state index is -0.841. The highest BCUT2D eigenvalue weighted by Crippen LogP contribution is 2.34. The maximum atomic E-state index is 11.3. The van der Waals surface area contributed by atoms with Crippen LogP contribution in [0.5, 0.6) is 0 Å². The van der Waals surface area contributed by atoms with Gasteiger partial charge in [-0.15, -0.1) is 0 Å². The molecule has 2 atom stereocenters. The number of hydrogen-bond acceptors (Lipinski definition) is 4. The first kappa shape index (κ1) is 13.8. The number of aliphatic carboxylic acids is 1. The van der Waals surface area contributed by atoms with E-state index in [9.17, 15) is 9.90 Å². The monoisotopic (exact) mass is 304 g/mol. The second kappa shape index (κ2) is 5.69. The lowest BCUT2D eigenvalue weighted by atomic mass is 9.83. The maximum absolute atomic E-state index is 11.3. The van der Waals surface area contributed by atoms with Gasteiger partial charge in [0.15, 0.2) is 0 Å².